The van der Waals surface area contributed by atoms with Crippen molar-refractivity contribution in [1.82, 2.24) is 10.3 Å². The van der Waals surface area contributed by atoms with E-state index in [1.807, 2.05) is 12.1 Å². The molecule has 1 N–H and O–H groups in total. The van der Waals surface area contributed by atoms with Crippen LogP contribution in [0.3, 0.4) is 0 Å². The van der Waals surface area contributed by atoms with Crippen molar-refractivity contribution in [1.29, 1.82) is 0 Å². The van der Waals surface area contributed by atoms with E-state index in [9.17, 15) is 0 Å². The van der Waals surface area contributed by atoms with E-state index >= 15 is 0 Å². The summed E-state index contributed by atoms with van der Waals surface area (Å²) < 4.78 is 11.9. The molecule has 4 nitrogen and oxygen atoms in total. The maximum absolute atomic E-state index is 5.93. The van der Waals surface area contributed by atoms with Gasteiger partial charge in [-0.3, -0.25) is 0 Å². The normalized spacial score (nSPS) is 20.5. The van der Waals surface area contributed by atoms with Crippen LogP contribution in [0, 0.1) is 0 Å². The zero-order chi connectivity index (χ0) is 14.8. The molecule has 0 spiro atoms. The molecule has 1 aromatic carbocycles. The highest BCUT2D eigenvalue weighted by Crippen LogP contribution is 2.32. The van der Waals surface area contributed by atoms with Crippen molar-refractivity contribution in [2.45, 2.75) is 38.3 Å². The molecule has 0 atom stereocenters. The number of aromatic nitrogens is 1. The van der Waals surface area contributed by atoms with Gasteiger partial charge in [-0.05, 0) is 37.1 Å². The molecule has 0 amide bonds. The van der Waals surface area contributed by atoms with Crippen molar-refractivity contribution in [2.24, 2.45) is 0 Å². The summed E-state index contributed by atoms with van der Waals surface area (Å²) in [6.45, 7) is 3.35. The fourth-order valence-corrected chi connectivity index (χ4v) is 4.05. The molecule has 0 radical (unpaired) electrons. The molecule has 0 saturated carbocycles. The fraction of sp³-hybridized carbons (Fsp3) is 0.471. The largest absolute Gasteiger partial charge is 0.342 e. The second-order valence-electron chi connectivity index (χ2n) is 5.86. The summed E-state index contributed by atoms with van der Waals surface area (Å²) in [5.41, 5.74) is 3.34. The number of benzene rings is 1. The van der Waals surface area contributed by atoms with Gasteiger partial charge in [0.2, 0.25) is 6.29 Å². The van der Waals surface area contributed by atoms with Crippen molar-refractivity contribution in [3.8, 4) is 0 Å². The van der Waals surface area contributed by atoms with E-state index in [2.05, 4.69) is 22.8 Å². The van der Waals surface area contributed by atoms with Crippen LogP contribution in [-0.4, -0.2) is 18.1 Å². The second-order valence-corrected chi connectivity index (χ2v) is 6.75. The first-order chi connectivity index (χ1) is 10.9. The van der Waals surface area contributed by atoms with Gasteiger partial charge in [0.05, 0.1) is 18.2 Å². The van der Waals surface area contributed by atoms with E-state index in [0.717, 1.165) is 18.8 Å². The van der Waals surface area contributed by atoms with Crippen LogP contribution < -0.4 is 5.32 Å². The Labute approximate surface area is 134 Å². The summed E-state index contributed by atoms with van der Waals surface area (Å²) >= 11 is 1.74. The summed E-state index contributed by atoms with van der Waals surface area (Å²) in [6.07, 6.45) is 1.99. The first-order valence-electron chi connectivity index (χ1n) is 7.86. The number of ether oxygens (including phenoxy) is 2. The van der Waals surface area contributed by atoms with Crippen LogP contribution in [0.25, 0.3) is 0 Å². The highest BCUT2D eigenvalue weighted by molar-refractivity contribution is 7.09. The van der Waals surface area contributed by atoms with Gasteiger partial charge in [-0.15, -0.1) is 11.3 Å². The van der Waals surface area contributed by atoms with E-state index in [0.29, 0.717) is 19.1 Å². The van der Waals surface area contributed by atoms with Crippen LogP contribution >= 0.6 is 11.3 Å². The molecule has 2 aliphatic heterocycles. The van der Waals surface area contributed by atoms with Gasteiger partial charge < -0.3 is 14.8 Å². The van der Waals surface area contributed by atoms with Crippen LogP contribution in [0.4, 0.5) is 0 Å². The SMILES string of the molecule is c1ccc2c(c1)COC(c1csc(C3CCNCC3)n1)OC2. The molecule has 0 unspecified atom stereocenters. The van der Waals surface area contributed by atoms with E-state index in [-0.39, 0.29) is 6.29 Å². The van der Waals surface area contributed by atoms with Crippen molar-refractivity contribution in [3.63, 3.8) is 0 Å². The highest BCUT2D eigenvalue weighted by Gasteiger charge is 2.24. The fourth-order valence-electron chi connectivity index (χ4n) is 3.05. The van der Waals surface area contributed by atoms with E-state index in [4.69, 9.17) is 14.5 Å². The molecule has 1 fully saturated rings. The number of thiazole rings is 1. The Morgan fingerprint density at radius 1 is 1.05 bits per heavy atom. The molecule has 0 bridgehead atoms. The molecule has 0 aliphatic carbocycles. The standard InChI is InChI=1S/C17H20N2O2S/c1-2-4-14-10-21-17(20-9-13(14)3-1)15-11-22-16(19-15)12-5-7-18-8-6-12/h1-4,11-12,17-18H,5-10H2. The number of fused-ring (bicyclic) bond motifs is 1. The molecule has 3 heterocycles. The van der Waals surface area contributed by atoms with Gasteiger partial charge in [-0.2, -0.15) is 0 Å². The van der Waals surface area contributed by atoms with E-state index in [1.54, 1.807) is 11.3 Å². The van der Waals surface area contributed by atoms with E-state index < -0.39 is 0 Å². The zero-order valence-electron chi connectivity index (χ0n) is 12.5. The molecule has 1 saturated heterocycles. The molecule has 2 aromatic rings. The Morgan fingerprint density at radius 2 is 1.73 bits per heavy atom. The molecule has 5 heteroatoms. The van der Waals surface area contributed by atoms with Crippen LogP contribution in [-0.2, 0) is 22.7 Å². The van der Waals surface area contributed by atoms with Gasteiger partial charge in [0.1, 0.15) is 5.69 Å². The van der Waals surface area contributed by atoms with Crippen LogP contribution in [0.2, 0.25) is 0 Å². The van der Waals surface area contributed by atoms with Crippen molar-refractivity contribution >= 4 is 11.3 Å². The summed E-state index contributed by atoms with van der Waals surface area (Å²) in [4.78, 5) is 4.80. The first-order valence-corrected chi connectivity index (χ1v) is 8.74. The maximum Gasteiger partial charge on any atom is 0.202 e. The van der Waals surface area contributed by atoms with Gasteiger partial charge in [-0.25, -0.2) is 4.98 Å². The predicted molar refractivity (Wildman–Crippen MR) is 85.7 cm³/mol. The van der Waals surface area contributed by atoms with Gasteiger partial charge >= 0.3 is 0 Å². The number of nitrogens with one attached hydrogen (secondary N) is 1. The maximum atomic E-state index is 5.93. The quantitative estimate of drug-likeness (QED) is 0.922. The molecule has 4 rings (SSSR count). The number of nitrogens with zero attached hydrogens (tertiary/aromatic N) is 1. The highest BCUT2D eigenvalue weighted by atomic mass is 32.1. The topological polar surface area (TPSA) is 43.4 Å². The van der Waals surface area contributed by atoms with Crippen molar-refractivity contribution in [3.05, 3.63) is 51.5 Å². The number of piperidine rings is 1. The minimum atomic E-state index is -0.348. The molecular weight excluding hydrogens is 296 g/mol. The van der Waals surface area contributed by atoms with Gasteiger partial charge in [-0.1, -0.05) is 24.3 Å². The van der Waals surface area contributed by atoms with Gasteiger partial charge in [0.15, 0.2) is 0 Å². The molecular formula is C17H20N2O2S. The minimum absolute atomic E-state index is 0.348. The Morgan fingerprint density at radius 3 is 2.41 bits per heavy atom. The Kier molecular flexibility index (Phi) is 4.21. The van der Waals surface area contributed by atoms with Crippen LogP contribution in [0.15, 0.2) is 29.6 Å². The molecule has 2 aliphatic rings. The summed E-state index contributed by atoms with van der Waals surface area (Å²) in [6, 6.07) is 8.28. The third kappa shape index (κ3) is 2.94. The first kappa shape index (κ1) is 14.3. The lowest BCUT2D eigenvalue weighted by molar-refractivity contribution is -0.155. The zero-order valence-corrected chi connectivity index (χ0v) is 13.3. The average molecular weight is 316 g/mol. The Hall–Kier alpha value is -1.27. The lowest BCUT2D eigenvalue weighted by Crippen LogP contribution is -2.26. The van der Waals surface area contributed by atoms with Crippen LogP contribution in [0.1, 0.15) is 46.9 Å². The third-order valence-corrected chi connectivity index (χ3v) is 5.39. The predicted octanol–water partition coefficient (Wildman–Crippen LogP) is 3.36. The van der Waals surface area contributed by atoms with E-state index in [1.165, 1.54) is 29.0 Å². The summed E-state index contributed by atoms with van der Waals surface area (Å²) in [5, 5.41) is 6.72. The van der Waals surface area contributed by atoms with Crippen molar-refractivity contribution in [2.75, 3.05) is 13.1 Å². The second kappa shape index (κ2) is 6.46. The summed E-state index contributed by atoms with van der Waals surface area (Å²) in [5.74, 6) is 0.586. The Bertz CT molecular complexity index is 610. The number of hydrogen-bond donors (Lipinski definition) is 1. The van der Waals surface area contributed by atoms with Gasteiger partial charge in [0, 0.05) is 11.3 Å². The van der Waals surface area contributed by atoms with Gasteiger partial charge in [0.25, 0.3) is 0 Å². The lowest BCUT2D eigenvalue weighted by Gasteiger charge is -2.20. The summed E-state index contributed by atoms with van der Waals surface area (Å²) in [7, 11) is 0. The average Bonchev–Trinajstić information content (AvgIpc) is 2.97. The number of hydrogen-bond acceptors (Lipinski definition) is 5. The number of rotatable bonds is 2. The molecule has 22 heavy (non-hydrogen) atoms. The van der Waals surface area contributed by atoms with Crippen LogP contribution in [0.5, 0.6) is 0 Å². The monoisotopic (exact) mass is 316 g/mol. The van der Waals surface area contributed by atoms with Crippen molar-refractivity contribution < 1.29 is 9.47 Å². The Balaban J connectivity index is 1.48. The third-order valence-electron chi connectivity index (χ3n) is 4.37. The molecule has 1 aromatic heterocycles. The minimum Gasteiger partial charge on any atom is -0.342 e. The molecule has 116 valence electrons. The lowest BCUT2D eigenvalue weighted by atomic mass is 9.99. The smallest absolute Gasteiger partial charge is 0.202 e.